The summed E-state index contributed by atoms with van der Waals surface area (Å²) in [4.78, 5) is 61.5. The van der Waals surface area contributed by atoms with Crippen molar-refractivity contribution in [2.45, 2.75) is 29.4 Å². The first-order chi connectivity index (χ1) is 25.4. The molecule has 4 aromatic carbocycles. The Morgan fingerprint density at radius 3 is 1.79 bits per heavy atom. The van der Waals surface area contributed by atoms with Crippen molar-refractivity contribution in [1.29, 1.82) is 0 Å². The molecule has 0 radical (unpaired) electrons. The van der Waals surface area contributed by atoms with Crippen molar-refractivity contribution in [3.05, 3.63) is 165 Å². The molecule has 15 heteroatoms. The van der Waals surface area contributed by atoms with Crippen LogP contribution < -0.4 is 20.7 Å². The molecule has 1 aliphatic rings. The molecule has 6 rings (SSSR count). The maximum absolute atomic E-state index is 13.8. The van der Waals surface area contributed by atoms with Gasteiger partial charge in [0.2, 0.25) is 5.34 Å². The highest BCUT2D eigenvalue weighted by atomic mass is 31.2. The van der Waals surface area contributed by atoms with E-state index in [4.69, 9.17) is 23.7 Å². The van der Waals surface area contributed by atoms with Crippen LogP contribution in [0.5, 0.6) is 11.5 Å². The predicted molar refractivity (Wildman–Crippen MR) is 191 cm³/mol. The zero-order valence-corrected chi connectivity index (χ0v) is 29.7. The Morgan fingerprint density at radius 2 is 1.30 bits per heavy atom. The molecule has 0 aliphatic carbocycles. The molecule has 3 N–H and O–H groups in total. The van der Waals surface area contributed by atoms with Gasteiger partial charge >= 0.3 is 13.3 Å². The van der Waals surface area contributed by atoms with Crippen molar-refractivity contribution >= 4 is 13.5 Å². The van der Waals surface area contributed by atoms with E-state index in [2.05, 4.69) is 0 Å². The van der Waals surface area contributed by atoms with Gasteiger partial charge in [0.15, 0.2) is 6.23 Å². The van der Waals surface area contributed by atoms with Gasteiger partial charge in [-0.15, -0.1) is 0 Å². The third kappa shape index (κ3) is 6.66. The average molecular weight is 745 g/mol. The second kappa shape index (κ2) is 15.0. The van der Waals surface area contributed by atoms with E-state index in [1.165, 1.54) is 26.4 Å². The summed E-state index contributed by atoms with van der Waals surface area (Å²) in [5.74, 6) is 0.172. The zero-order chi connectivity index (χ0) is 38.0. The Balaban J connectivity index is 1.48. The quantitative estimate of drug-likeness (QED) is 0.125. The van der Waals surface area contributed by atoms with E-state index in [9.17, 15) is 33.8 Å². The first kappa shape index (κ1) is 37.6. The molecule has 14 nitrogen and oxygen atoms in total. The fraction of sp³-hybridized carbons (Fsp3) is 0.237. The van der Waals surface area contributed by atoms with Gasteiger partial charge < -0.3 is 38.6 Å². The van der Waals surface area contributed by atoms with Crippen LogP contribution in [0.25, 0.3) is 0 Å². The molecule has 1 fully saturated rings. The van der Waals surface area contributed by atoms with Crippen molar-refractivity contribution in [3.8, 4) is 11.5 Å². The lowest BCUT2D eigenvalue weighted by molar-refractivity contribution is -0.106. The van der Waals surface area contributed by atoms with Gasteiger partial charge in [-0.25, -0.2) is 4.79 Å². The second-order valence-corrected chi connectivity index (χ2v) is 14.0. The minimum absolute atomic E-state index is 0.0346. The Kier molecular flexibility index (Phi) is 10.7. The van der Waals surface area contributed by atoms with E-state index in [-0.39, 0.29) is 5.56 Å². The number of aliphatic hydroxyl groups is 1. The van der Waals surface area contributed by atoms with Crippen LogP contribution in [0.4, 0.5) is 0 Å². The van der Waals surface area contributed by atoms with E-state index in [1.807, 2.05) is 18.2 Å². The van der Waals surface area contributed by atoms with E-state index in [0.717, 1.165) is 23.9 Å². The number of ether oxygens (including phenoxy) is 5. The molecule has 53 heavy (non-hydrogen) atoms. The topological polar surface area (TPSA) is 185 Å². The highest BCUT2D eigenvalue weighted by Crippen LogP contribution is 2.60. The van der Waals surface area contributed by atoms with Gasteiger partial charge in [-0.1, -0.05) is 72.8 Å². The number of carbonyl (C=O) groups is 1. The molecule has 276 valence electrons. The lowest BCUT2D eigenvalue weighted by Crippen LogP contribution is -2.52. The molecule has 0 unspecified atom stereocenters. The molecule has 0 saturated carbocycles. The van der Waals surface area contributed by atoms with Crippen LogP contribution in [0.3, 0.4) is 0 Å². The summed E-state index contributed by atoms with van der Waals surface area (Å²) in [6, 6.07) is 31.6. The molecule has 5 aromatic rings. The number of benzene rings is 4. The van der Waals surface area contributed by atoms with Crippen LogP contribution in [-0.2, 0) is 24.4 Å². The van der Waals surface area contributed by atoms with E-state index >= 15 is 0 Å². The number of hydrogen-bond donors (Lipinski definition) is 3. The monoisotopic (exact) mass is 744 g/mol. The fourth-order valence-electron chi connectivity index (χ4n) is 6.61. The van der Waals surface area contributed by atoms with Gasteiger partial charge in [0.1, 0.15) is 29.3 Å². The molecule has 0 spiro atoms. The third-order valence-electron chi connectivity index (χ3n) is 9.31. The SMILES string of the molecule is COc1ccc(C(OC[C@H]2O[C@@H](n3ccc(=O)n(C(=O)c4ccccc4)c3=O)[C@H](OC)[C@@]2(O)P(=O)(O)O)(c2ccccc2)c2ccc(OC)cc2)cc1. The van der Waals surface area contributed by atoms with Crippen LogP contribution in [0.2, 0.25) is 0 Å². The Hall–Kier alpha value is -5.18. The summed E-state index contributed by atoms with van der Waals surface area (Å²) in [5.41, 5.74) is -1.84. The Bertz CT molecular complexity index is 2170. The highest BCUT2D eigenvalue weighted by molar-refractivity contribution is 7.53. The van der Waals surface area contributed by atoms with Crippen LogP contribution >= 0.6 is 7.60 Å². The van der Waals surface area contributed by atoms with Crippen molar-refractivity contribution in [2.24, 2.45) is 0 Å². The van der Waals surface area contributed by atoms with Gasteiger partial charge in [0, 0.05) is 24.9 Å². The van der Waals surface area contributed by atoms with E-state index < -0.39 is 60.7 Å². The van der Waals surface area contributed by atoms with Gasteiger partial charge in [-0.2, -0.15) is 4.57 Å². The van der Waals surface area contributed by atoms with E-state index in [1.54, 1.807) is 78.9 Å². The molecular formula is C38H37N2O12P. The summed E-state index contributed by atoms with van der Waals surface area (Å²) < 4.78 is 43.6. The van der Waals surface area contributed by atoms with Crippen LogP contribution in [0, 0.1) is 0 Å². The largest absolute Gasteiger partial charge is 0.497 e. The molecule has 1 aliphatic heterocycles. The predicted octanol–water partition coefficient (Wildman–Crippen LogP) is 3.50. The summed E-state index contributed by atoms with van der Waals surface area (Å²) in [6.45, 7) is -0.678. The van der Waals surface area contributed by atoms with E-state index in [0.29, 0.717) is 32.8 Å². The fourth-order valence-corrected chi connectivity index (χ4v) is 7.68. The van der Waals surface area contributed by atoms with Gasteiger partial charge in [-0.05, 0) is 53.1 Å². The first-order valence-corrected chi connectivity index (χ1v) is 17.9. The van der Waals surface area contributed by atoms with Crippen molar-refractivity contribution in [1.82, 2.24) is 9.13 Å². The standard InChI is InChI=1S/C38H37N2O12P/c1-48-29-18-14-27(15-19-29)37(26-12-8-5-9-13-26,28-16-20-30(49-2)21-17-28)51-24-31-38(44,53(45,46)47)33(50-3)35(52-31)39-23-22-32(41)40(36(39)43)34(42)25-10-6-4-7-11-25/h4-23,31,33,35,44H,24H2,1-3H3,(H2,45,46,47)/t31-,33+,35-,38+/m1/s1. The van der Waals surface area contributed by atoms with Crippen LogP contribution in [0.15, 0.2) is 131 Å². The lowest BCUT2D eigenvalue weighted by Gasteiger charge is -2.39. The lowest BCUT2D eigenvalue weighted by atomic mass is 9.80. The number of aromatic nitrogens is 2. The molecule has 2 heterocycles. The van der Waals surface area contributed by atoms with Crippen molar-refractivity contribution in [3.63, 3.8) is 0 Å². The summed E-state index contributed by atoms with van der Waals surface area (Å²) in [7, 11) is -1.47. The second-order valence-electron chi connectivity index (χ2n) is 12.2. The van der Waals surface area contributed by atoms with Crippen molar-refractivity contribution < 1.29 is 47.9 Å². The maximum atomic E-state index is 13.8. The van der Waals surface area contributed by atoms with Crippen LogP contribution in [-0.4, -0.2) is 75.4 Å². The first-order valence-electron chi connectivity index (χ1n) is 16.3. The molecule has 4 atom stereocenters. The van der Waals surface area contributed by atoms with Crippen molar-refractivity contribution in [2.75, 3.05) is 27.9 Å². The molecule has 0 bridgehead atoms. The van der Waals surface area contributed by atoms with Gasteiger partial charge in [-0.3, -0.25) is 18.7 Å². The average Bonchev–Trinajstić information content (AvgIpc) is 3.48. The number of hydrogen-bond acceptors (Lipinski definition) is 10. The number of carbonyl (C=O) groups excluding carboxylic acids is 1. The number of methoxy groups -OCH3 is 3. The maximum Gasteiger partial charge on any atom is 0.362 e. The van der Waals surface area contributed by atoms with Gasteiger partial charge in [0.25, 0.3) is 11.5 Å². The normalized spacial score (nSPS) is 20.2. The summed E-state index contributed by atoms with van der Waals surface area (Å²) in [5, 5.41) is 8.95. The minimum Gasteiger partial charge on any atom is -0.497 e. The Labute approximate surface area is 303 Å². The summed E-state index contributed by atoms with van der Waals surface area (Å²) in [6.07, 6.45) is -4.50. The number of rotatable bonds is 12. The Morgan fingerprint density at radius 1 is 0.792 bits per heavy atom. The van der Waals surface area contributed by atoms with Crippen LogP contribution in [0.1, 0.15) is 33.3 Å². The highest BCUT2D eigenvalue weighted by Gasteiger charge is 2.67. The molecule has 1 aromatic heterocycles. The number of nitrogens with zero attached hydrogens (tertiary/aromatic N) is 2. The smallest absolute Gasteiger partial charge is 0.362 e. The molecule has 0 amide bonds. The minimum atomic E-state index is -5.59. The molecule has 1 saturated heterocycles. The van der Waals surface area contributed by atoms with Gasteiger partial charge in [0.05, 0.1) is 20.8 Å². The molecular weight excluding hydrogens is 707 g/mol. The summed E-state index contributed by atoms with van der Waals surface area (Å²) >= 11 is 0. The third-order valence-corrected chi connectivity index (χ3v) is 10.8. The zero-order valence-electron chi connectivity index (χ0n) is 28.8.